The zero-order chi connectivity index (χ0) is 14.8. The molecule has 20 heavy (non-hydrogen) atoms. The molecule has 9 heteroatoms. The van der Waals surface area contributed by atoms with Crippen molar-refractivity contribution in [3.8, 4) is 5.75 Å². The first-order valence-corrected chi connectivity index (χ1v) is 6.21. The van der Waals surface area contributed by atoms with E-state index in [0.717, 1.165) is 0 Å². The molecule has 0 atom stereocenters. The Labute approximate surface area is 120 Å². The van der Waals surface area contributed by atoms with Crippen LogP contribution in [-0.4, -0.2) is 16.7 Å². The maximum atomic E-state index is 12.1. The minimum Gasteiger partial charge on any atom is -0.405 e. The Balaban J connectivity index is 2.04. The molecule has 0 saturated carbocycles. The molecule has 0 aliphatic carbocycles. The maximum absolute atomic E-state index is 12.1. The highest BCUT2D eigenvalue weighted by Gasteiger charge is 2.31. The molecule has 1 heterocycles. The fourth-order valence-electron chi connectivity index (χ4n) is 1.41. The third-order valence-electron chi connectivity index (χ3n) is 2.36. The molecule has 0 saturated heterocycles. The summed E-state index contributed by atoms with van der Waals surface area (Å²) >= 11 is 3.02. The van der Waals surface area contributed by atoms with Crippen molar-refractivity contribution < 1.29 is 22.5 Å². The Hall–Kier alpha value is -1.77. The van der Waals surface area contributed by atoms with Crippen molar-refractivity contribution in [2.75, 3.05) is 5.32 Å². The third kappa shape index (κ3) is 3.86. The van der Waals surface area contributed by atoms with Gasteiger partial charge >= 0.3 is 6.36 Å². The number of halogens is 4. The number of ether oxygens (including phenoxy) is 1. The largest absolute Gasteiger partial charge is 0.573 e. The van der Waals surface area contributed by atoms with Crippen LogP contribution in [0.1, 0.15) is 11.4 Å². The van der Waals surface area contributed by atoms with E-state index in [-0.39, 0.29) is 10.2 Å². The number of anilines is 1. The van der Waals surface area contributed by atoms with E-state index < -0.39 is 6.36 Å². The van der Waals surface area contributed by atoms with E-state index in [1.165, 1.54) is 18.2 Å². The van der Waals surface area contributed by atoms with E-state index in [0.29, 0.717) is 23.6 Å². The summed E-state index contributed by atoms with van der Waals surface area (Å²) in [7, 11) is 0. The molecule has 2 aromatic rings. The smallest absolute Gasteiger partial charge is 0.405 e. The van der Waals surface area contributed by atoms with Crippen LogP contribution >= 0.6 is 15.9 Å². The Bertz CT molecular complexity index is 601. The summed E-state index contributed by atoms with van der Waals surface area (Å²) in [5.74, 6) is -0.303. The van der Waals surface area contributed by atoms with Gasteiger partial charge in [0.15, 0.2) is 0 Å². The van der Waals surface area contributed by atoms with Crippen LogP contribution in [0.3, 0.4) is 0 Å². The second-order valence-corrected chi connectivity index (χ2v) is 4.70. The highest BCUT2D eigenvalue weighted by molar-refractivity contribution is 9.10. The van der Waals surface area contributed by atoms with Crippen LogP contribution in [0.2, 0.25) is 0 Å². The Morgan fingerprint density at radius 2 is 2.10 bits per heavy atom. The number of aromatic nitrogens is 2. The Kier molecular flexibility index (Phi) is 4.17. The molecule has 0 amide bonds. The molecule has 0 fully saturated rings. The van der Waals surface area contributed by atoms with Crippen molar-refractivity contribution in [3.05, 3.63) is 34.1 Å². The van der Waals surface area contributed by atoms with E-state index in [2.05, 4.69) is 40.9 Å². The standard InChI is InChI=1S/C11H9BrF3N3O2/c1-6-9(18-20-17-6)5-16-7-2-3-10(8(12)4-7)19-11(13,14)15/h2-4,16H,5H2,1H3. The van der Waals surface area contributed by atoms with Crippen molar-refractivity contribution in [1.29, 1.82) is 0 Å². The first kappa shape index (κ1) is 14.6. The van der Waals surface area contributed by atoms with E-state index in [1.807, 2.05) is 0 Å². The van der Waals surface area contributed by atoms with Crippen molar-refractivity contribution in [2.24, 2.45) is 0 Å². The summed E-state index contributed by atoms with van der Waals surface area (Å²) in [5, 5.41) is 10.3. The number of rotatable bonds is 4. The SMILES string of the molecule is Cc1nonc1CNc1ccc(OC(F)(F)F)c(Br)c1. The first-order chi connectivity index (χ1) is 9.35. The summed E-state index contributed by atoms with van der Waals surface area (Å²) in [4.78, 5) is 0. The molecular formula is C11H9BrF3N3O2. The quantitative estimate of drug-likeness (QED) is 0.910. The number of nitrogens with zero attached hydrogens (tertiary/aromatic N) is 2. The monoisotopic (exact) mass is 351 g/mol. The summed E-state index contributed by atoms with van der Waals surface area (Å²) in [5.41, 5.74) is 1.87. The molecule has 1 aromatic carbocycles. The van der Waals surface area contributed by atoms with Gasteiger partial charge in [-0.3, -0.25) is 0 Å². The summed E-state index contributed by atoms with van der Waals surface area (Å²) in [6.07, 6.45) is -4.72. The van der Waals surface area contributed by atoms with Gasteiger partial charge in [0, 0.05) is 5.69 Å². The second kappa shape index (κ2) is 5.70. The van der Waals surface area contributed by atoms with Gasteiger partial charge in [0.25, 0.3) is 0 Å². The molecule has 0 spiro atoms. The highest BCUT2D eigenvalue weighted by Crippen LogP contribution is 2.32. The Morgan fingerprint density at radius 3 is 2.65 bits per heavy atom. The van der Waals surface area contributed by atoms with E-state index in [1.54, 1.807) is 6.92 Å². The van der Waals surface area contributed by atoms with Gasteiger partial charge < -0.3 is 10.1 Å². The lowest BCUT2D eigenvalue weighted by molar-refractivity contribution is -0.274. The van der Waals surface area contributed by atoms with Crippen LogP contribution in [0.4, 0.5) is 18.9 Å². The van der Waals surface area contributed by atoms with Gasteiger partial charge in [-0.25, -0.2) is 4.63 Å². The molecule has 5 nitrogen and oxygen atoms in total. The van der Waals surface area contributed by atoms with E-state index in [4.69, 9.17) is 0 Å². The van der Waals surface area contributed by atoms with Crippen molar-refractivity contribution in [2.45, 2.75) is 19.8 Å². The lowest BCUT2D eigenvalue weighted by atomic mass is 10.3. The fourth-order valence-corrected chi connectivity index (χ4v) is 1.87. The molecule has 1 aromatic heterocycles. The molecule has 0 radical (unpaired) electrons. The highest BCUT2D eigenvalue weighted by atomic mass is 79.9. The molecule has 2 rings (SSSR count). The molecule has 108 valence electrons. The molecule has 1 N–H and O–H groups in total. The zero-order valence-electron chi connectivity index (χ0n) is 10.2. The third-order valence-corrected chi connectivity index (χ3v) is 2.98. The lowest BCUT2D eigenvalue weighted by Crippen LogP contribution is -2.17. The number of alkyl halides is 3. The van der Waals surface area contributed by atoms with Crippen molar-refractivity contribution >= 4 is 21.6 Å². The van der Waals surface area contributed by atoms with Crippen LogP contribution in [0.5, 0.6) is 5.75 Å². The maximum Gasteiger partial charge on any atom is 0.573 e. The van der Waals surface area contributed by atoms with Crippen LogP contribution < -0.4 is 10.1 Å². The normalized spacial score (nSPS) is 11.4. The van der Waals surface area contributed by atoms with Crippen molar-refractivity contribution in [1.82, 2.24) is 10.3 Å². The zero-order valence-corrected chi connectivity index (χ0v) is 11.7. The number of hydrogen-bond acceptors (Lipinski definition) is 5. The number of hydrogen-bond donors (Lipinski definition) is 1. The van der Waals surface area contributed by atoms with Gasteiger partial charge in [-0.15, -0.1) is 13.2 Å². The van der Waals surface area contributed by atoms with Gasteiger partial charge in [-0.1, -0.05) is 10.3 Å². The topological polar surface area (TPSA) is 60.2 Å². The molecule has 0 bridgehead atoms. The van der Waals surface area contributed by atoms with Gasteiger partial charge in [0.05, 0.1) is 11.0 Å². The van der Waals surface area contributed by atoms with Crippen LogP contribution in [-0.2, 0) is 6.54 Å². The number of aryl methyl sites for hydroxylation is 1. The average Bonchev–Trinajstić information content (AvgIpc) is 2.74. The van der Waals surface area contributed by atoms with E-state index in [9.17, 15) is 13.2 Å². The molecule has 0 unspecified atom stereocenters. The summed E-state index contributed by atoms with van der Waals surface area (Å²) < 4.78 is 44.9. The van der Waals surface area contributed by atoms with Crippen LogP contribution in [0.25, 0.3) is 0 Å². The van der Waals surface area contributed by atoms with Gasteiger partial charge in [-0.05, 0) is 41.1 Å². The fraction of sp³-hybridized carbons (Fsp3) is 0.273. The first-order valence-electron chi connectivity index (χ1n) is 5.42. The predicted molar refractivity (Wildman–Crippen MR) is 67.2 cm³/mol. The average molecular weight is 352 g/mol. The van der Waals surface area contributed by atoms with E-state index >= 15 is 0 Å². The number of nitrogens with one attached hydrogen (secondary N) is 1. The second-order valence-electron chi connectivity index (χ2n) is 3.84. The van der Waals surface area contributed by atoms with Crippen LogP contribution in [0.15, 0.2) is 27.3 Å². The van der Waals surface area contributed by atoms with Gasteiger partial charge in [0.2, 0.25) is 0 Å². The van der Waals surface area contributed by atoms with Crippen LogP contribution in [0, 0.1) is 6.92 Å². The minimum atomic E-state index is -4.72. The number of benzene rings is 1. The summed E-state index contributed by atoms with van der Waals surface area (Å²) in [6, 6.07) is 4.16. The summed E-state index contributed by atoms with van der Waals surface area (Å²) in [6.45, 7) is 2.09. The molecule has 0 aliphatic rings. The van der Waals surface area contributed by atoms with Gasteiger partial charge in [-0.2, -0.15) is 0 Å². The predicted octanol–water partition coefficient (Wildman–Crippen LogP) is 3.65. The minimum absolute atomic E-state index is 0.190. The molecule has 0 aliphatic heterocycles. The van der Waals surface area contributed by atoms with Gasteiger partial charge in [0.1, 0.15) is 17.1 Å². The van der Waals surface area contributed by atoms with Crippen molar-refractivity contribution in [3.63, 3.8) is 0 Å². The Morgan fingerprint density at radius 1 is 1.35 bits per heavy atom. The molecular weight excluding hydrogens is 343 g/mol. The lowest BCUT2D eigenvalue weighted by Gasteiger charge is -2.12.